The standard InChI is InChI=1S/C12H17N7/c1-18-9-10(8-15-18)16-12-14-3-2-11(17-12)19-6-4-13-5-7-19/h2-3,8-9,13H,4-7H2,1H3,(H,14,16,17). The van der Waals surface area contributed by atoms with Crippen LogP contribution in [-0.4, -0.2) is 45.9 Å². The van der Waals surface area contributed by atoms with Crippen molar-refractivity contribution in [3.05, 3.63) is 24.7 Å². The molecule has 0 radical (unpaired) electrons. The average Bonchev–Trinajstić information content (AvgIpc) is 2.85. The van der Waals surface area contributed by atoms with Gasteiger partial charge in [0.25, 0.3) is 0 Å². The monoisotopic (exact) mass is 259 g/mol. The molecular formula is C12H17N7. The van der Waals surface area contributed by atoms with E-state index >= 15 is 0 Å². The summed E-state index contributed by atoms with van der Waals surface area (Å²) < 4.78 is 1.74. The van der Waals surface area contributed by atoms with Crippen molar-refractivity contribution in [1.82, 2.24) is 25.1 Å². The van der Waals surface area contributed by atoms with E-state index in [4.69, 9.17) is 0 Å². The van der Waals surface area contributed by atoms with Crippen LogP contribution in [0.3, 0.4) is 0 Å². The molecule has 0 spiro atoms. The van der Waals surface area contributed by atoms with Crippen molar-refractivity contribution in [2.75, 3.05) is 36.4 Å². The van der Waals surface area contributed by atoms with E-state index in [9.17, 15) is 0 Å². The third kappa shape index (κ3) is 2.82. The van der Waals surface area contributed by atoms with E-state index in [2.05, 4.69) is 30.6 Å². The van der Waals surface area contributed by atoms with Crippen molar-refractivity contribution in [2.45, 2.75) is 0 Å². The van der Waals surface area contributed by atoms with Crippen LogP contribution in [-0.2, 0) is 7.05 Å². The zero-order valence-electron chi connectivity index (χ0n) is 10.9. The molecule has 0 unspecified atom stereocenters. The molecular weight excluding hydrogens is 242 g/mol. The molecule has 0 aliphatic carbocycles. The van der Waals surface area contributed by atoms with Crippen molar-refractivity contribution >= 4 is 17.5 Å². The highest BCUT2D eigenvalue weighted by Gasteiger charge is 2.12. The number of hydrogen-bond acceptors (Lipinski definition) is 6. The predicted molar refractivity (Wildman–Crippen MR) is 73.6 cm³/mol. The maximum absolute atomic E-state index is 4.54. The maximum Gasteiger partial charge on any atom is 0.229 e. The van der Waals surface area contributed by atoms with Gasteiger partial charge in [-0.25, -0.2) is 4.98 Å². The third-order valence-electron chi connectivity index (χ3n) is 3.04. The van der Waals surface area contributed by atoms with Gasteiger partial charge in [0, 0.05) is 45.6 Å². The quantitative estimate of drug-likeness (QED) is 0.829. The molecule has 2 aromatic rings. The van der Waals surface area contributed by atoms with Crippen LogP contribution in [0.5, 0.6) is 0 Å². The second kappa shape index (κ2) is 5.23. The summed E-state index contributed by atoms with van der Waals surface area (Å²) in [4.78, 5) is 11.0. The fourth-order valence-electron chi connectivity index (χ4n) is 2.09. The number of anilines is 3. The smallest absolute Gasteiger partial charge is 0.229 e. The second-order valence-electron chi connectivity index (χ2n) is 4.50. The average molecular weight is 259 g/mol. The minimum Gasteiger partial charge on any atom is -0.354 e. The normalized spacial score (nSPS) is 15.5. The maximum atomic E-state index is 4.54. The summed E-state index contributed by atoms with van der Waals surface area (Å²) in [6, 6.07) is 1.94. The van der Waals surface area contributed by atoms with Gasteiger partial charge in [0.2, 0.25) is 5.95 Å². The highest BCUT2D eigenvalue weighted by atomic mass is 15.3. The molecule has 0 amide bonds. The van der Waals surface area contributed by atoms with Gasteiger partial charge in [-0.3, -0.25) is 4.68 Å². The Kier molecular flexibility index (Phi) is 3.28. The topological polar surface area (TPSA) is 70.9 Å². The Labute approximate surface area is 111 Å². The van der Waals surface area contributed by atoms with Gasteiger partial charge in [-0.05, 0) is 6.07 Å². The molecule has 100 valence electrons. The SMILES string of the molecule is Cn1cc(Nc2nccc(N3CCNCC3)n2)cn1. The molecule has 2 N–H and O–H groups in total. The van der Waals surface area contributed by atoms with Gasteiger partial charge in [-0.15, -0.1) is 0 Å². The van der Waals surface area contributed by atoms with E-state index in [0.717, 1.165) is 37.7 Å². The number of nitrogens with zero attached hydrogens (tertiary/aromatic N) is 5. The summed E-state index contributed by atoms with van der Waals surface area (Å²) in [6.45, 7) is 3.94. The van der Waals surface area contributed by atoms with E-state index in [1.54, 1.807) is 17.1 Å². The Morgan fingerprint density at radius 3 is 2.89 bits per heavy atom. The zero-order valence-corrected chi connectivity index (χ0v) is 10.9. The Morgan fingerprint density at radius 1 is 1.32 bits per heavy atom. The van der Waals surface area contributed by atoms with Gasteiger partial charge < -0.3 is 15.5 Å². The van der Waals surface area contributed by atoms with E-state index in [1.165, 1.54) is 0 Å². The number of aryl methyl sites for hydroxylation is 1. The number of piperazine rings is 1. The van der Waals surface area contributed by atoms with Crippen LogP contribution in [0, 0.1) is 0 Å². The van der Waals surface area contributed by atoms with Gasteiger partial charge in [0.1, 0.15) is 5.82 Å². The zero-order chi connectivity index (χ0) is 13.1. The molecule has 1 aliphatic heterocycles. The first-order valence-electron chi connectivity index (χ1n) is 6.36. The van der Waals surface area contributed by atoms with E-state index in [-0.39, 0.29) is 0 Å². The van der Waals surface area contributed by atoms with Gasteiger partial charge in [-0.1, -0.05) is 0 Å². The summed E-state index contributed by atoms with van der Waals surface area (Å²) in [5.41, 5.74) is 0.889. The highest BCUT2D eigenvalue weighted by molar-refractivity contribution is 5.53. The molecule has 0 atom stereocenters. The summed E-state index contributed by atoms with van der Waals surface area (Å²) in [7, 11) is 1.88. The van der Waals surface area contributed by atoms with Crippen LogP contribution in [0.25, 0.3) is 0 Å². The van der Waals surface area contributed by atoms with Crippen LogP contribution >= 0.6 is 0 Å². The van der Waals surface area contributed by atoms with Gasteiger partial charge in [0.05, 0.1) is 11.9 Å². The number of hydrogen-bond donors (Lipinski definition) is 2. The second-order valence-corrected chi connectivity index (χ2v) is 4.50. The van der Waals surface area contributed by atoms with Crippen molar-refractivity contribution in [2.24, 2.45) is 7.05 Å². The minimum atomic E-state index is 0.601. The molecule has 7 nitrogen and oxygen atoms in total. The minimum absolute atomic E-state index is 0.601. The molecule has 2 aromatic heterocycles. The van der Waals surface area contributed by atoms with Crippen LogP contribution in [0.4, 0.5) is 17.5 Å². The lowest BCUT2D eigenvalue weighted by molar-refractivity contribution is 0.585. The summed E-state index contributed by atoms with van der Waals surface area (Å²) in [5.74, 6) is 1.56. The number of nitrogens with one attached hydrogen (secondary N) is 2. The van der Waals surface area contributed by atoms with Gasteiger partial charge >= 0.3 is 0 Å². The van der Waals surface area contributed by atoms with E-state index < -0.39 is 0 Å². The number of rotatable bonds is 3. The van der Waals surface area contributed by atoms with Gasteiger partial charge in [-0.2, -0.15) is 10.1 Å². The molecule has 3 heterocycles. The molecule has 0 saturated carbocycles. The highest BCUT2D eigenvalue weighted by Crippen LogP contribution is 2.15. The molecule has 1 saturated heterocycles. The van der Waals surface area contributed by atoms with Gasteiger partial charge in [0.15, 0.2) is 0 Å². The Balaban J connectivity index is 1.75. The predicted octanol–water partition coefficient (Wildman–Crippen LogP) is 0.363. The summed E-state index contributed by atoms with van der Waals surface area (Å²) in [5, 5.41) is 10.6. The largest absolute Gasteiger partial charge is 0.354 e. The van der Waals surface area contributed by atoms with E-state index in [0.29, 0.717) is 5.95 Å². The lowest BCUT2D eigenvalue weighted by Crippen LogP contribution is -2.43. The molecule has 19 heavy (non-hydrogen) atoms. The first-order valence-corrected chi connectivity index (χ1v) is 6.36. The first-order chi connectivity index (χ1) is 9.31. The molecule has 7 heteroatoms. The Morgan fingerprint density at radius 2 is 2.16 bits per heavy atom. The lowest BCUT2D eigenvalue weighted by atomic mass is 10.3. The van der Waals surface area contributed by atoms with Crippen molar-refractivity contribution in [3.63, 3.8) is 0 Å². The van der Waals surface area contributed by atoms with Crippen LogP contribution in [0.1, 0.15) is 0 Å². The fourth-order valence-corrected chi connectivity index (χ4v) is 2.09. The Bertz CT molecular complexity index is 545. The summed E-state index contributed by atoms with van der Waals surface area (Å²) in [6.07, 6.45) is 5.42. The molecule has 1 fully saturated rings. The van der Waals surface area contributed by atoms with Crippen molar-refractivity contribution < 1.29 is 0 Å². The molecule has 0 bridgehead atoms. The lowest BCUT2D eigenvalue weighted by Gasteiger charge is -2.28. The van der Waals surface area contributed by atoms with E-state index in [1.807, 2.05) is 19.3 Å². The van der Waals surface area contributed by atoms with Crippen molar-refractivity contribution in [1.29, 1.82) is 0 Å². The molecule has 3 rings (SSSR count). The van der Waals surface area contributed by atoms with Crippen LogP contribution in [0.15, 0.2) is 24.7 Å². The fraction of sp³-hybridized carbons (Fsp3) is 0.417. The molecule has 0 aromatic carbocycles. The number of aromatic nitrogens is 4. The first kappa shape index (κ1) is 11.9. The summed E-state index contributed by atoms with van der Waals surface area (Å²) >= 11 is 0. The Hall–Kier alpha value is -2.15. The van der Waals surface area contributed by atoms with Crippen molar-refractivity contribution in [3.8, 4) is 0 Å². The van der Waals surface area contributed by atoms with Crippen LogP contribution in [0.2, 0.25) is 0 Å². The molecule has 1 aliphatic rings. The van der Waals surface area contributed by atoms with Crippen LogP contribution < -0.4 is 15.5 Å². The third-order valence-corrected chi connectivity index (χ3v) is 3.04.